The number of fused-ring (bicyclic) bond motifs is 1. The summed E-state index contributed by atoms with van der Waals surface area (Å²) >= 11 is 0. The Bertz CT molecular complexity index is 1610. The zero-order valence-electron chi connectivity index (χ0n) is 20.6. The van der Waals surface area contributed by atoms with Crippen LogP contribution in [0.15, 0.2) is 60.8 Å². The third-order valence-corrected chi connectivity index (χ3v) is 6.11. The number of amides is 2. The van der Waals surface area contributed by atoms with Gasteiger partial charge in [0.05, 0.1) is 41.6 Å². The number of nitrogens with one attached hydrogen (secondary N) is 2. The Morgan fingerprint density at radius 3 is 2.40 bits per heavy atom. The summed E-state index contributed by atoms with van der Waals surface area (Å²) in [5, 5.41) is 4.40. The van der Waals surface area contributed by atoms with Crippen molar-refractivity contribution in [2.24, 2.45) is 0 Å². The Hall–Kier alpha value is -4.65. The van der Waals surface area contributed by atoms with Crippen molar-refractivity contribution in [1.82, 2.24) is 9.97 Å². The second-order valence-electron chi connectivity index (χ2n) is 8.84. The van der Waals surface area contributed by atoms with E-state index < -0.39 is 40.8 Å². The summed E-state index contributed by atoms with van der Waals surface area (Å²) in [7, 11) is 0. The van der Waals surface area contributed by atoms with E-state index in [0.29, 0.717) is 55.3 Å². The highest BCUT2D eigenvalue weighted by Gasteiger charge is 2.30. The number of alkyl halides is 3. The van der Waals surface area contributed by atoms with Gasteiger partial charge in [0.15, 0.2) is 17.4 Å². The Morgan fingerprint density at radius 1 is 0.900 bits per heavy atom. The minimum Gasteiger partial charge on any atom is -0.378 e. The fourth-order valence-corrected chi connectivity index (χ4v) is 4.14. The van der Waals surface area contributed by atoms with Crippen LogP contribution in [0.1, 0.15) is 21.5 Å². The molecule has 3 aromatic carbocycles. The summed E-state index contributed by atoms with van der Waals surface area (Å²) in [6.45, 7) is 2.30. The van der Waals surface area contributed by atoms with Gasteiger partial charge in [-0.3, -0.25) is 9.78 Å². The highest BCUT2D eigenvalue weighted by molar-refractivity contribution is 6.11. The van der Waals surface area contributed by atoms with Crippen LogP contribution in [-0.4, -0.2) is 48.1 Å². The van der Waals surface area contributed by atoms with Crippen molar-refractivity contribution in [2.75, 3.05) is 41.8 Å². The van der Waals surface area contributed by atoms with Gasteiger partial charge < -0.3 is 20.3 Å². The fraction of sp³-hybridized carbons (Fsp3) is 0.185. The molecule has 1 aliphatic rings. The molecule has 0 bridgehead atoms. The van der Waals surface area contributed by atoms with Crippen LogP contribution in [0.5, 0.6) is 0 Å². The zero-order valence-corrected chi connectivity index (χ0v) is 20.6. The quantitative estimate of drug-likeness (QED) is 0.244. The second-order valence-corrected chi connectivity index (χ2v) is 8.84. The van der Waals surface area contributed by atoms with Crippen LogP contribution in [0, 0.1) is 11.6 Å². The number of nitrogens with zero attached hydrogens (tertiary/aromatic N) is 3. The van der Waals surface area contributed by atoms with E-state index in [1.807, 2.05) is 4.90 Å². The number of aromatic nitrogens is 2. The molecule has 2 heterocycles. The standard InChI is InChI=1S/C27H20F5N5O3/c28-20-13-18(35-26(39)34-17-3-1-2-16(11-17)27(30,31)32)12-19(24(20)29)25(38)15-4-5-21-22(10-15)36-23(14-33-21)37-6-8-40-9-7-37/h1-5,10-14H,6-9H2,(H2,34,35,39). The smallest absolute Gasteiger partial charge is 0.378 e. The second kappa shape index (κ2) is 10.8. The predicted molar refractivity (Wildman–Crippen MR) is 136 cm³/mol. The van der Waals surface area contributed by atoms with E-state index >= 15 is 0 Å². The maximum absolute atomic E-state index is 14.7. The minimum absolute atomic E-state index is 0.00444. The molecule has 0 spiro atoms. The van der Waals surface area contributed by atoms with Gasteiger partial charge in [-0.15, -0.1) is 0 Å². The topological polar surface area (TPSA) is 96.5 Å². The van der Waals surface area contributed by atoms with Crippen LogP contribution in [0.25, 0.3) is 11.0 Å². The molecule has 0 unspecified atom stereocenters. The van der Waals surface area contributed by atoms with E-state index in [0.717, 1.165) is 18.2 Å². The van der Waals surface area contributed by atoms with Crippen molar-refractivity contribution < 1.29 is 36.3 Å². The predicted octanol–water partition coefficient (Wildman–Crippen LogP) is 5.64. The van der Waals surface area contributed by atoms with E-state index in [2.05, 4.69) is 20.6 Å². The molecule has 2 N–H and O–H groups in total. The van der Waals surface area contributed by atoms with Gasteiger partial charge in [-0.05, 0) is 42.5 Å². The fourth-order valence-electron chi connectivity index (χ4n) is 4.14. The Kier molecular flexibility index (Phi) is 7.30. The first kappa shape index (κ1) is 26.9. The number of morpholine rings is 1. The molecule has 1 aliphatic heterocycles. The van der Waals surface area contributed by atoms with Gasteiger partial charge in [0, 0.05) is 36.1 Å². The SMILES string of the molecule is O=C(Nc1cccc(C(F)(F)F)c1)Nc1cc(F)c(F)c(C(=O)c2ccc3ncc(N4CCOCC4)nc3c2)c1. The number of carbonyl (C=O) groups excluding carboxylic acids is 2. The molecule has 4 aromatic rings. The summed E-state index contributed by atoms with van der Waals surface area (Å²) in [5.74, 6) is -3.13. The number of ketones is 1. The monoisotopic (exact) mass is 557 g/mol. The van der Waals surface area contributed by atoms with Crippen molar-refractivity contribution in [3.8, 4) is 0 Å². The Balaban J connectivity index is 1.38. The molecule has 0 radical (unpaired) electrons. The highest BCUT2D eigenvalue weighted by atomic mass is 19.4. The summed E-state index contributed by atoms with van der Waals surface area (Å²) in [6.07, 6.45) is -3.02. The molecule has 8 nitrogen and oxygen atoms in total. The van der Waals surface area contributed by atoms with Crippen LogP contribution < -0.4 is 15.5 Å². The van der Waals surface area contributed by atoms with E-state index in [1.54, 1.807) is 6.20 Å². The average molecular weight is 557 g/mol. The third kappa shape index (κ3) is 5.83. The average Bonchev–Trinajstić information content (AvgIpc) is 2.94. The van der Waals surface area contributed by atoms with E-state index in [9.17, 15) is 31.5 Å². The largest absolute Gasteiger partial charge is 0.416 e. The highest BCUT2D eigenvalue weighted by Crippen LogP contribution is 2.31. The first-order valence-electron chi connectivity index (χ1n) is 12.0. The van der Waals surface area contributed by atoms with Crippen LogP contribution in [0.2, 0.25) is 0 Å². The van der Waals surface area contributed by atoms with Crippen LogP contribution >= 0.6 is 0 Å². The van der Waals surface area contributed by atoms with Crippen molar-refractivity contribution in [3.63, 3.8) is 0 Å². The normalized spacial score (nSPS) is 13.8. The summed E-state index contributed by atoms with van der Waals surface area (Å²) in [6, 6.07) is 8.76. The number of hydrogen-bond acceptors (Lipinski definition) is 6. The number of carbonyl (C=O) groups is 2. The molecular weight excluding hydrogens is 537 g/mol. The molecule has 0 aliphatic carbocycles. The van der Waals surface area contributed by atoms with Crippen molar-refractivity contribution in [1.29, 1.82) is 0 Å². The molecule has 40 heavy (non-hydrogen) atoms. The van der Waals surface area contributed by atoms with E-state index in [4.69, 9.17) is 4.74 Å². The summed E-state index contributed by atoms with van der Waals surface area (Å²) in [5.41, 5.74) is -1.26. The lowest BCUT2D eigenvalue weighted by Crippen LogP contribution is -2.36. The number of rotatable bonds is 5. The maximum Gasteiger partial charge on any atom is 0.416 e. The lowest BCUT2D eigenvalue weighted by atomic mass is 10.0. The minimum atomic E-state index is -4.62. The van der Waals surface area contributed by atoms with Crippen LogP contribution in [0.3, 0.4) is 0 Å². The molecule has 1 fully saturated rings. The number of ether oxygens (including phenoxy) is 1. The van der Waals surface area contributed by atoms with Crippen molar-refractivity contribution in [3.05, 3.63) is 89.1 Å². The van der Waals surface area contributed by atoms with E-state index in [-0.39, 0.29) is 16.9 Å². The maximum atomic E-state index is 14.7. The molecule has 0 atom stereocenters. The van der Waals surface area contributed by atoms with Crippen LogP contribution in [-0.2, 0) is 10.9 Å². The van der Waals surface area contributed by atoms with Gasteiger partial charge in [0.1, 0.15) is 5.82 Å². The number of benzene rings is 3. The molecule has 0 saturated carbocycles. The third-order valence-electron chi connectivity index (χ3n) is 6.11. The molecule has 5 rings (SSSR count). The number of urea groups is 1. The lowest BCUT2D eigenvalue weighted by Gasteiger charge is -2.27. The van der Waals surface area contributed by atoms with Crippen LogP contribution in [0.4, 0.5) is 43.9 Å². The van der Waals surface area contributed by atoms with Gasteiger partial charge >= 0.3 is 12.2 Å². The van der Waals surface area contributed by atoms with Gasteiger partial charge in [-0.1, -0.05) is 6.07 Å². The first-order valence-corrected chi connectivity index (χ1v) is 12.0. The van der Waals surface area contributed by atoms with Crippen molar-refractivity contribution >= 4 is 40.0 Å². The number of anilines is 3. The molecule has 2 amide bonds. The summed E-state index contributed by atoms with van der Waals surface area (Å²) in [4.78, 5) is 36.4. The van der Waals surface area contributed by atoms with Crippen molar-refractivity contribution in [2.45, 2.75) is 6.18 Å². The molecule has 206 valence electrons. The van der Waals surface area contributed by atoms with Gasteiger partial charge in [-0.25, -0.2) is 18.6 Å². The van der Waals surface area contributed by atoms with Gasteiger partial charge in [0.25, 0.3) is 0 Å². The molecular formula is C27H20F5N5O3. The molecule has 1 aromatic heterocycles. The first-order chi connectivity index (χ1) is 19.1. The Labute approximate surface area is 223 Å². The summed E-state index contributed by atoms with van der Waals surface area (Å²) < 4.78 is 73.3. The number of halogens is 5. The molecule has 13 heteroatoms. The Morgan fingerprint density at radius 2 is 1.65 bits per heavy atom. The zero-order chi connectivity index (χ0) is 28.4. The van der Waals surface area contributed by atoms with Gasteiger partial charge in [-0.2, -0.15) is 13.2 Å². The van der Waals surface area contributed by atoms with E-state index in [1.165, 1.54) is 24.3 Å². The lowest BCUT2D eigenvalue weighted by molar-refractivity contribution is -0.137. The number of hydrogen-bond donors (Lipinski definition) is 2. The van der Waals surface area contributed by atoms with Gasteiger partial charge in [0.2, 0.25) is 0 Å². The molecule has 1 saturated heterocycles.